The van der Waals surface area contributed by atoms with E-state index in [9.17, 15) is 4.79 Å². The molecule has 0 amide bonds. The van der Waals surface area contributed by atoms with Crippen LogP contribution in [-0.2, 0) is 13.0 Å². The second-order valence-electron chi connectivity index (χ2n) is 6.46. The second-order valence-corrected chi connectivity index (χ2v) is 7.50. The first kappa shape index (κ1) is 15.6. The Kier molecular flexibility index (Phi) is 4.59. The lowest BCUT2D eigenvalue weighted by Crippen LogP contribution is -2.35. The maximum Gasteiger partial charge on any atom is 0.275 e. The minimum absolute atomic E-state index is 0.0679. The lowest BCUT2D eigenvalue weighted by molar-refractivity contribution is 0.162. The van der Waals surface area contributed by atoms with Crippen molar-refractivity contribution >= 4 is 16.3 Å². The van der Waals surface area contributed by atoms with Gasteiger partial charge in [0.1, 0.15) is 5.01 Å². The summed E-state index contributed by atoms with van der Waals surface area (Å²) in [6.07, 6.45) is 5.94. The van der Waals surface area contributed by atoms with Crippen LogP contribution in [0.1, 0.15) is 50.2 Å². The molecule has 0 atom stereocenters. The zero-order valence-electron chi connectivity index (χ0n) is 13.6. The van der Waals surface area contributed by atoms with Crippen molar-refractivity contribution in [3.05, 3.63) is 27.1 Å². The maximum absolute atomic E-state index is 12.2. The van der Waals surface area contributed by atoms with E-state index in [2.05, 4.69) is 29.0 Å². The van der Waals surface area contributed by atoms with Gasteiger partial charge in [0, 0.05) is 18.7 Å². The molecule has 0 saturated heterocycles. The lowest BCUT2D eigenvalue weighted by Gasteiger charge is -2.33. The molecule has 1 fully saturated rings. The highest BCUT2D eigenvalue weighted by Gasteiger charge is 2.22. The van der Waals surface area contributed by atoms with Crippen LogP contribution in [0.25, 0.3) is 4.96 Å². The van der Waals surface area contributed by atoms with Crippen LogP contribution in [0.2, 0.25) is 0 Å². The monoisotopic (exact) mass is 320 g/mol. The Hall–Kier alpha value is -1.27. The normalized spacial score (nSPS) is 22.5. The number of hydrogen-bond donors (Lipinski definition) is 0. The molecule has 2 heterocycles. The van der Waals surface area contributed by atoms with Gasteiger partial charge in [0.05, 0.1) is 5.69 Å². The summed E-state index contributed by atoms with van der Waals surface area (Å²) in [4.78, 5) is 19.9. The van der Waals surface area contributed by atoms with E-state index in [0.717, 1.165) is 29.6 Å². The van der Waals surface area contributed by atoms with Crippen LogP contribution in [0.5, 0.6) is 0 Å². The molecule has 0 radical (unpaired) electrons. The van der Waals surface area contributed by atoms with Crippen LogP contribution in [-0.4, -0.2) is 32.6 Å². The quantitative estimate of drug-likeness (QED) is 0.869. The summed E-state index contributed by atoms with van der Waals surface area (Å²) in [6.45, 7) is 5.12. The third-order valence-electron chi connectivity index (χ3n) is 4.66. The van der Waals surface area contributed by atoms with Gasteiger partial charge in [-0.05, 0) is 45.1 Å². The molecule has 1 saturated carbocycles. The van der Waals surface area contributed by atoms with Gasteiger partial charge in [-0.3, -0.25) is 9.69 Å². The highest BCUT2D eigenvalue weighted by molar-refractivity contribution is 7.16. The van der Waals surface area contributed by atoms with Gasteiger partial charge in [0.25, 0.3) is 5.56 Å². The molecule has 3 rings (SSSR count). The van der Waals surface area contributed by atoms with Crippen molar-refractivity contribution in [3.63, 3.8) is 0 Å². The van der Waals surface area contributed by atoms with E-state index >= 15 is 0 Å². The minimum atomic E-state index is -0.0679. The fourth-order valence-corrected chi connectivity index (χ4v) is 4.05. The lowest BCUT2D eigenvalue weighted by atomic mass is 9.87. The fraction of sp³-hybridized carbons (Fsp3) is 0.688. The summed E-state index contributed by atoms with van der Waals surface area (Å²) in [7, 11) is 2.15. The number of hydrogen-bond acceptors (Lipinski definition) is 5. The van der Waals surface area contributed by atoms with E-state index in [0.29, 0.717) is 11.0 Å². The largest absolute Gasteiger partial charge is 0.298 e. The highest BCUT2D eigenvalue weighted by Crippen LogP contribution is 2.27. The van der Waals surface area contributed by atoms with Crippen LogP contribution in [0, 0.1) is 5.92 Å². The van der Waals surface area contributed by atoms with Crippen LogP contribution in [0.15, 0.2) is 10.9 Å². The van der Waals surface area contributed by atoms with Gasteiger partial charge in [-0.15, -0.1) is 0 Å². The molecule has 1 aliphatic carbocycles. The third-order valence-corrected chi connectivity index (χ3v) is 5.72. The second kappa shape index (κ2) is 6.46. The molecule has 0 unspecified atom stereocenters. The predicted molar refractivity (Wildman–Crippen MR) is 89.4 cm³/mol. The zero-order valence-corrected chi connectivity index (χ0v) is 14.4. The van der Waals surface area contributed by atoms with Crippen molar-refractivity contribution in [3.8, 4) is 0 Å². The molecule has 6 heteroatoms. The topological polar surface area (TPSA) is 50.5 Å². The summed E-state index contributed by atoms with van der Waals surface area (Å²) < 4.78 is 1.43. The summed E-state index contributed by atoms with van der Waals surface area (Å²) in [6, 6.07) is 2.25. The fourth-order valence-electron chi connectivity index (χ4n) is 3.19. The first-order valence-electron chi connectivity index (χ1n) is 8.15. The van der Waals surface area contributed by atoms with Gasteiger partial charge in [0.2, 0.25) is 4.96 Å². The van der Waals surface area contributed by atoms with Crippen molar-refractivity contribution < 1.29 is 0 Å². The molecule has 0 N–H and O–H groups in total. The Balaban J connectivity index is 1.77. The van der Waals surface area contributed by atoms with E-state index < -0.39 is 0 Å². The van der Waals surface area contributed by atoms with Gasteiger partial charge in [-0.2, -0.15) is 9.61 Å². The van der Waals surface area contributed by atoms with Crippen molar-refractivity contribution in [2.45, 2.75) is 58.5 Å². The Morgan fingerprint density at radius 2 is 2.09 bits per heavy atom. The standard InChI is InChI=1S/C16H24N4OS/c1-4-14-18-20-15(21)9-12(17-16(20)22-14)10-19(3)13-7-5-11(2)6-8-13/h9,11,13H,4-8,10H2,1-3H3. The molecule has 0 spiro atoms. The summed E-state index contributed by atoms with van der Waals surface area (Å²) in [5, 5.41) is 5.25. The maximum atomic E-state index is 12.2. The Morgan fingerprint density at radius 3 is 2.77 bits per heavy atom. The van der Waals surface area contributed by atoms with Crippen molar-refractivity contribution in [1.29, 1.82) is 0 Å². The molecule has 5 nitrogen and oxygen atoms in total. The summed E-state index contributed by atoms with van der Waals surface area (Å²) in [5.74, 6) is 0.855. The molecule has 1 aliphatic rings. The molecule has 0 aliphatic heterocycles. The molecule has 0 aromatic carbocycles. The van der Waals surface area contributed by atoms with Gasteiger partial charge in [0.15, 0.2) is 0 Å². The predicted octanol–water partition coefficient (Wildman–Crippen LogP) is 2.72. The number of aryl methyl sites for hydroxylation is 1. The number of nitrogens with zero attached hydrogens (tertiary/aromatic N) is 4. The van der Waals surface area contributed by atoms with Crippen LogP contribution in [0.3, 0.4) is 0 Å². The van der Waals surface area contributed by atoms with Crippen LogP contribution >= 0.6 is 11.3 Å². The molecular weight excluding hydrogens is 296 g/mol. The summed E-state index contributed by atoms with van der Waals surface area (Å²) >= 11 is 1.51. The smallest absolute Gasteiger partial charge is 0.275 e. The SMILES string of the molecule is CCc1nn2c(=O)cc(CN(C)C3CCC(C)CC3)nc2s1. The third kappa shape index (κ3) is 3.22. The summed E-state index contributed by atoms with van der Waals surface area (Å²) in [5.41, 5.74) is 0.791. The molecule has 120 valence electrons. The highest BCUT2D eigenvalue weighted by atomic mass is 32.1. The van der Waals surface area contributed by atoms with E-state index in [1.54, 1.807) is 6.07 Å². The first-order valence-corrected chi connectivity index (χ1v) is 8.97. The number of aromatic nitrogens is 3. The van der Waals surface area contributed by atoms with Crippen LogP contribution < -0.4 is 5.56 Å². The Morgan fingerprint density at radius 1 is 1.36 bits per heavy atom. The molecule has 22 heavy (non-hydrogen) atoms. The average molecular weight is 320 g/mol. The number of rotatable bonds is 4. The Bertz CT molecular complexity index is 700. The van der Waals surface area contributed by atoms with Crippen molar-refractivity contribution in [2.24, 2.45) is 5.92 Å². The Labute approximate surface area is 135 Å². The molecule has 2 aromatic heterocycles. The van der Waals surface area contributed by atoms with Crippen molar-refractivity contribution in [2.75, 3.05) is 7.05 Å². The first-order chi connectivity index (χ1) is 10.6. The van der Waals surface area contributed by atoms with Crippen molar-refractivity contribution in [1.82, 2.24) is 19.5 Å². The van der Waals surface area contributed by atoms with Gasteiger partial charge >= 0.3 is 0 Å². The minimum Gasteiger partial charge on any atom is -0.298 e. The van der Waals surface area contributed by atoms with Gasteiger partial charge in [-0.25, -0.2) is 4.98 Å². The van der Waals surface area contributed by atoms with Crippen LogP contribution in [0.4, 0.5) is 0 Å². The van der Waals surface area contributed by atoms with Gasteiger partial charge < -0.3 is 0 Å². The molecule has 2 aromatic rings. The average Bonchev–Trinajstić information content (AvgIpc) is 2.91. The van der Waals surface area contributed by atoms with E-state index in [1.165, 1.54) is 41.5 Å². The van der Waals surface area contributed by atoms with E-state index in [-0.39, 0.29) is 5.56 Å². The molecule has 0 bridgehead atoms. The van der Waals surface area contributed by atoms with Gasteiger partial charge in [-0.1, -0.05) is 25.2 Å². The molecular formula is C16H24N4OS. The zero-order chi connectivity index (χ0) is 15.7. The van der Waals surface area contributed by atoms with E-state index in [1.807, 2.05) is 6.92 Å². The number of fused-ring (bicyclic) bond motifs is 1. The van der Waals surface area contributed by atoms with E-state index in [4.69, 9.17) is 0 Å².